The molecule has 0 bridgehead atoms. The number of halogens is 2. The van der Waals surface area contributed by atoms with Crippen molar-refractivity contribution in [3.8, 4) is 0 Å². The first-order valence-electron chi connectivity index (χ1n) is 8.73. The summed E-state index contributed by atoms with van der Waals surface area (Å²) in [5.41, 5.74) is 1.18. The molecule has 1 saturated heterocycles. The molecule has 1 fully saturated rings. The van der Waals surface area contributed by atoms with Gasteiger partial charge in [-0.1, -0.05) is 33.6 Å². The fraction of sp³-hybridized carbons (Fsp3) is 0.684. The fourth-order valence-electron chi connectivity index (χ4n) is 4.32. The van der Waals surface area contributed by atoms with Crippen molar-refractivity contribution in [2.24, 2.45) is 5.41 Å². The molecule has 1 atom stereocenters. The molecule has 0 saturated carbocycles. The van der Waals surface area contributed by atoms with Gasteiger partial charge in [0.1, 0.15) is 11.6 Å². The molecule has 1 aromatic carbocycles. The lowest BCUT2D eigenvalue weighted by Gasteiger charge is -2.47. The van der Waals surface area contributed by atoms with Crippen LogP contribution in [0.2, 0.25) is 0 Å². The molecule has 0 radical (unpaired) electrons. The molecule has 1 aromatic rings. The number of rotatable bonds is 6. The Hall–Kier alpha value is -0.960. The van der Waals surface area contributed by atoms with Gasteiger partial charge in [0.15, 0.2) is 0 Å². The average molecular weight is 309 g/mol. The fourth-order valence-corrected chi connectivity index (χ4v) is 4.32. The molecule has 124 valence electrons. The van der Waals surface area contributed by atoms with Crippen LogP contribution in [0.25, 0.3) is 0 Å². The SMILES string of the molecule is CCCC1(CCC)CCC(c2cc(F)cc(F)c2)N(CC)C1. The highest BCUT2D eigenvalue weighted by molar-refractivity contribution is 5.22. The van der Waals surface area contributed by atoms with Crippen molar-refractivity contribution in [1.29, 1.82) is 0 Å². The Balaban J connectivity index is 2.22. The van der Waals surface area contributed by atoms with Crippen LogP contribution >= 0.6 is 0 Å². The van der Waals surface area contributed by atoms with E-state index in [1.54, 1.807) is 0 Å². The molecule has 1 unspecified atom stereocenters. The van der Waals surface area contributed by atoms with Crippen LogP contribution in [0.1, 0.15) is 70.9 Å². The second kappa shape index (κ2) is 7.54. The molecule has 1 aliphatic rings. The quantitative estimate of drug-likeness (QED) is 0.650. The van der Waals surface area contributed by atoms with Crippen molar-refractivity contribution < 1.29 is 8.78 Å². The molecular weight excluding hydrogens is 280 g/mol. The van der Waals surface area contributed by atoms with Gasteiger partial charge in [0, 0.05) is 18.7 Å². The zero-order chi connectivity index (χ0) is 16.2. The van der Waals surface area contributed by atoms with Crippen LogP contribution in [0.15, 0.2) is 18.2 Å². The van der Waals surface area contributed by atoms with Gasteiger partial charge < -0.3 is 0 Å². The highest BCUT2D eigenvalue weighted by Crippen LogP contribution is 2.45. The maximum Gasteiger partial charge on any atom is 0.126 e. The van der Waals surface area contributed by atoms with Crippen molar-refractivity contribution in [2.45, 2.75) is 65.3 Å². The smallest absolute Gasteiger partial charge is 0.126 e. The molecule has 0 N–H and O–H groups in total. The number of nitrogens with zero attached hydrogens (tertiary/aromatic N) is 1. The van der Waals surface area contributed by atoms with Crippen LogP contribution in [0.5, 0.6) is 0 Å². The van der Waals surface area contributed by atoms with E-state index in [2.05, 4.69) is 25.7 Å². The highest BCUT2D eigenvalue weighted by atomic mass is 19.1. The molecule has 3 heteroatoms. The highest BCUT2D eigenvalue weighted by Gasteiger charge is 2.38. The lowest BCUT2D eigenvalue weighted by Crippen LogP contribution is -2.44. The molecular formula is C19H29F2N. The molecule has 0 aromatic heterocycles. The number of piperidine rings is 1. The molecule has 1 heterocycles. The van der Waals surface area contributed by atoms with Gasteiger partial charge in [-0.25, -0.2) is 8.78 Å². The second-order valence-electron chi connectivity index (χ2n) is 6.82. The van der Waals surface area contributed by atoms with Gasteiger partial charge in [-0.3, -0.25) is 4.90 Å². The third-order valence-electron chi connectivity index (χ3n) is 5.16. The Morgan fingerprint density at radius 1 is 1.05 bits per heavy atom. The van der Waals surface area contributed by atoms with E-state index in [1.807, 2.05) is 0 Å². The molecule has 1 aliphatic heterocycles. The Bertz CT molecular complexity index is 460. The lowest BCUT2D eigenvalue weighted by molar-refractivity contribution is 0.0307. The Morgan fingerprint density at radius 3 is 2.14 bits per heavy atom. The van der Waals surface area contributed by atoms with Gasteiger partial charge in [0.05, 0.1) is 0 Å². The first kappa shape index (κ1) is 17.4. The minimum Gasteiger partial charge on any atom is -0.296 e. The Kier molecular flexibility index (Phi) is 5.96. The maximum atomic E-state index is 13.5. The largest absolute Gasteiger partial charge is 0.296 e. The van der Waals surface area contributed by atoms with Crippen molar-refractivity contribution in [3.63, 3.8) is 0 Å². The third kappa shape index (κ3) is 3.87. The third-order valence-corrected chi connectivity index (χ3v) is 5.16. The lowest BCUT2D eigenvalue weighted by atomic mass is 9.71. The molecule has 2 rings (SSSR count). The molecule has 0 amide bonds. The zero-order valence-corrected chi connectivity index (χ0v) is 14.2. The van der Waals surface area contributed by atoms with E-state index < -0.39 is 11.6 Å². The van der Waals surface area contributed by atoms with Gasteiger partial charge in [0.2, 0.25) is 0 Å². The van der Waals surface area contributed by atoms with Gasteiger partial charge in [-0.15, -0.1) is 0 Å². The van der Waals surface area contributed by atoms with E-state index in [1.165, 1.54) is 37.8 Å². The van der Waals surface area contributed by atoms with Crippen LogP contribution in [0.3, 0.4) is 0 Å². The summed E-state index contributed by atoms with van der Waals surface area (Å²) in [5.74, 6) is -0.935. The van der Waals surface area contributed by atoms with Gasteiger partial charge in [-0.05, 0) is 55.3 Å². The van der Waals surface area contributed by atoms with E-state index in [-0.39, 0.29) is 6.04 Å². The van der Waals surface area contributed by atoms with E-state index in [9.17, 15) is 8.78 Å². The number of hydrogen-bond donors (Lipinski definition) is 0. The minimum absolute atomic E-state index is 0.150. The Morgan fingerprint density at radius 2 is 1.64 bits per heavy atom. The first-order chi connectivity index (χ1) is 10.5. The van der Waals surface area contributed by atoms with Crippen LogP contribution in [-0.2, 0) is 0 Å². The first-order valence-corrected chi connectivity index (χ1v) is 8.73. The van der Waals surface area contributed by atoms with Crippen molar-refractivity contribution >= 4 is 0 Å². The van der Waals surface area contributed by atoms with Crippen molar-refractivity contribution in [3.05, 3.63) is 35.4 Å². The zero-order valence-electron chi connectivity index (χ0n) is 14.2. The average Bonchev–Trinajstić information content (AvgIpc) is 2.46. The molecule has 1 nitrogen and oxygen atoms in total. The summed E-state index contributed by atoms with van der Waals surface area (Å²) in [5, 5.41) is 0. The summed E-state index contributed by atoms with van der Waals surface area (Å²) in [6, 6.07) is 4.12. The standard InChI is InChI=1S/C19H29F2N/c1-4-8-19(9-5-2)10-7-18(22(6-3)14-19)15-11-16(20)13-17(21)12-15/h11-13,18H,4-10,14H2,1-3H3. The Labute approximate surface area is 133 Å². The number of benzene rings is 1. The topological polar surface area (TPSA) is 3.24 Å². The summed E-state index contributed by atoms with van der Waals surface area (Å²) in [6.07, 6.45) is 7.07. The van der Waals surface area contributed by atoms with Gasteiger partial charge >= 0.3 is 0 Å². The van der Waals surface area contributed by atoms with Crippen LogP contribution < -0.4 is 0 Å². The summed E-state index contributed by atoms with van der Waals surface area (Å²) < 4.78 is 27.1. The predicted octanol–water partition coefficient (Wildman–Crippen LogP) is 5.71. The normalized spacial score (nSPS) is 22.0. The summed E-state index contributed by atoms with van der Waals surface area (Å²) in [7, 11) is 0. The van der Waals surface area contributed by atoms with E-state index in [0.717, 1.165) is 37.6 Å². The molecule has 0 aliphatic carbocycles. The predicted molar refractivity (Wildman–Crippen MR) is 87.8 cm³/mol. The van der Waals surface area contributed by atoms with E-state index >= 15 is 0 Å². The minimum atomic E-state index is -0.468. The van der Waals surface area contributed by atoms with E-state index in [0.29, 0.717) is 5.41 Å². The summed E-state index contributed by atoms with van der Waals surface area (Å²) in [4.78, 5) is 2.42. The molecule has 22 heavy (non-hydrogen) atoms. The number of hydrogen-bond acceptors (Lipinski definition) is 1. The van der Waals surface area contributed by atoms with Crippen LogP contribution in [0, 0.1) is 17.0 Å². The van der Waals surface area contributed by atoms with Crippen LogP contribution in [0.4, 0.5) is 8.78 Å². The summed E-state index contributed by atoms with van der Waals surface area (Å²) >= 11 is 0. The van der Waals surface area contributed by atoms with Gasteiger partial charge in [0.25, 0.3) is 0 Å². The summed E-state index contributed by atoms with van der Waals surface area (Å²) in [6.45, 7) is 8.63. The van der Waals surface area contributed by atoms with E-state index in [4.69, 9.17) is 0 Å². The van der Waals surface area contributed by atoms with Crippen molar-refractivity contribution in [1.82, 2.24) is 4.90 Å². The van der Waals surface area contributed by atoms with Crippen LogP contribution in [-0.4, -0.2) is 18.0 Å². The monoisotopic (exact) mass is 309 g/mol. The van der Waals surface area contributed by atoms with Gasteiger partial charge in [-0.2, -0.15) is 0 Å². The van der Waals surface area contributed by atoms with Crippen molar-refractivity contribution in [2.75, 3.05) is 13.1 Å². The maximum absolute atomic E-state index is 13.5. The molecule has 0 spiro atoms. The second-order valence-corrected chi connectivity index (χ2v) is 6.82. The number of likely N-dealkylation sites (tertiary alicyclic amines) is 1.